The van der Waals surface area contributed by atoms with Crippen molar-refractivity contribution >= 4 is 18.3 Å². The summed E-state index contributed by atoms with van der Waals surface area (Å²) in [4.78, 5) is 21.6. The van der Waals surface area contributed by atoms with Crippen molar-refractivity contribution < 1.29 is 9.32 Å². The Kier molecular flexibility index (Phi) is 7.04. The minimum Gasteiger partial charge on any atom is -0.340 e. The first-order chi connectivity index (χ1) is 13.2. The summed E-state index contributed by atoms with van der Waals surface area (Å²) in [6, 6.07) is 9.90. The van der Waals surface area contributed by atoms with Gasteiger partial charge in [-0.05, 0) is 32.9 Å². The standard InChI is InChI=1S/C20H27N5O2.ClH/c1-15(19-22-18(23-27-19)16-5-3-2-4-6-16)24-11-13-25(14-12-24)20(26)17-7-9-21-10-8-17;/h2-6,15,17,21H,7-14H2,1H3;1H. The number of aromatic nitrogens is 2. The molecule has 7 nitrogen and oxygen atoms in total. The third-order valence-corrected chi connectivity index (χ3v) is 5.69. The molecule has 1 N–H and O–H groups in total. The van der Waals surface area contributed by atoms with Gasteiger partial charge in [0.05, 0.1) is 6.04 Å². The molecule has 1 aromatic heterocycles. The maximum absolute atomic E-state index is 12.7. The second-order valence-corrected chi connectivity index (χ2v) is 7.38. The van der Waals surface area contributed by atoms with Gasteiger partial charge >= 0.3 is 0 Å². The van der Waals surface area contributed by atoms with Gasteiger partial charge in [-0.25, -0.2) is 0 Å². The first-order valence-corrected chi connectivity index (χ1v) is 9.85. The zero-order valence-electron chi connectivity index (χ0n) is 16.2. The molecular weight excluding hydrogens is 378 g/mol. The van der Waals surface area contributed by atoms with Gasteiger partial charge in [-0.15, -0.1) is 12.4 Å². The number of nitrogens with zero attached hydrogens (tertiary/aromatic N) is 4. The predicted octanol–water partition coefficient (Wildman–Crippen LogP) is 2.36. The maximum Gasteiger partial charge on any atom is 0.244 e. The Labute approximate surface area is 171 Å². The van der Waals surface area contributed by atoms with Gasteiger partial charge in [0, 0.05) is 37.7 Å². The normalized spacial score (nSPS) is 19.8. The molecule has 2 aliphatic heterocycles. The summed E-state index contributed by atoms with van der Waals surface area (Å²) in [5, 5.41) is 7.45. The second-order valence-electron chi connectivity index (χ2n) is 7.38. The fourth-order valence-corrected chi connectivity index (χ4v) is 3.92. The van der Waals surface area contributed by atoms with E-state index in [0.29, 0.717) is 17.6 Å². The first kappa shape index (κ1) is 20.8. The third-order valence-electron chi connectivity index (χ3n) is 5.69. The maximum atomic E-state index is 12.7. The average molecular weight is 406 g/mol. The average Bonchev–Trinajstić information content (AvgIpc) is 3.24. The van der Waals surface area contributed by atoms with Gasteiger partial charge in [0.25, 0.3) is 0 Å². The van der Waals surface area contributed by atoms with Crippen LogP contribution in [0.5, 0.6) is 0 Å². The smallest absolute Gasteiger partial charge is 0.244 e. The van der Waals surface area contributed by atoms with E-state index in [4.69, 9.17) is 4.52 Å². The van der Waals surface area contributed by atoms with Gasteiger partial charge < -0.3 is 14.7 Å². The van der Waals surface area contributed by atoms with E-state index in [0.717, 1.165) is 57.7 Å². The Bertz CT molecular complexity index is 755. The van der Waals surface area contributed by atoms with Crippen LogP contribution in [-0.2, 0) is 4.79 Å². The fourth-order valence-electron chi connectivity index (χ4n) is 3.92. The molecular formula is C20H28ClN5O2. The highest BCUT2D eigenvalue weighted by Crippen LogP contribution is 2.24. The second kappa shape index (κ2) is 9.49. The number of carbonyl (C=O) groups excluding carboxylic acids is 1. The molecule has 152 valence electrons. The zero-order valence-corrected chi connectivity index (χ0v) is 17.0. The molecule has 1 aromatic carbocycles. The van der Waals surface area contributed by atoms with E-state index in [-0.39, 0.29) is 24.4 Å². The van der Waals surface area contributed by atoms with E-state index in [1.54, 1.807) is 0 Å². The van der Waals surface area contributed by atoms with Crippen LogP contribution in [0.3, 0.4) is 0 Å². The molecule has 8 heteroatoms. The molecule has 0 aliphatic carbocycles. The van der Waals surface area contributed by atoms with E-state index in [1.807, 2.05) is 35.2 Å². The van der Waals surface area contributed by atoms with Crippen LogP contribution in [-0.4, -0.2) is 65.1 Å². The molecule has 2 aliphatic rings. The van der Waals surface area contributed by atoms with Crippen molar-refractivity contribution in [2.24, 2.45) is 5.92 Å². The fraction of sp³-hybridized carbons (Fsp3) is 0.550. The van der Waals surface area contributed by atoms with Crippen LogP contribution in [0.25, 0.3) is 11.4 Å². The Morgan fingerprint density at radius 2 is 1.82 bits per heavy atom. The summed E-state index contributed by atoms with van der Waals surface area (Å²) < 4.78 is 5.51. The molecule has 2 fully saturated rings. The lowest BCUT2D eigenvalue weighted by Crippen LogP contribution is -2.51. The first-order valence-electron chi connectivity index (χ1n) is 9.85. The van der Waals surface area contributed by atoms with Crippen molar-refractivity contribution in [3.8, 4) is 11.4 Å². The van der Waals surface area contributed by atoms with E-state index in [1.165, 1.54) is 0 Å². The SMILES string of the molecule is CC(c1nc(-c2ccccc2)no1)N1CCN(C(=O)C2CCNCC2)CC1.Cl. The molecule has 0 spiro atoms. The molecule has 28 heavy (non-hydrogen) atoms. The van der Waals surface area contributed by atoms with Crippen molar-refractivity contribution in [1.82, 2.24) is 25.3 Å². The summed E-state index contributed by atoms with van der Waals surface area (Å²) >= 11 is 0. The summed E-state index contributed by atoms with van der Waals surface area (Å²) in [6.45, 7) is 7.20. The van der Waals surface area contributed by atoms with Gasteiger partial charge in [0.1, 0.15) is 0 Å². The topological polar surface area (TPSA) is 74.5 Å². The number of benzene rings is 1. The van der Waals surface area contributed by atoms with E-state index in [2.05, 4.69) is 27.3 Å². The molecule has 0 saturated carbocycles. The summed E-state index contributed by atoms with van der Waals surface area (Å²) in [7, 11) is 0. The molecule has 0 bridgehead atoms. The van der Waals surface area contributed by atoms with Crippen molar-refractivity contribution in [2.75, 3.05) is 39.3 Å². The van der Waals surface area contributed by atoms with Gasteiger partial charge in [-0.3, -0.25) is 9.69 Å². The third kappa shape index (κ3) is 4.54. The largest absolute Gasteiger partial charge is 0.340 e. The van der Waals surface area contributed by atoms with Crippen LogP contribution in [0, 0.1) is 5.92 Å². The molecule has 1 atom stereocenters. The number of nitrogens with one attached hydrogen (secondary N) is 1. The molecule has 1 amide bonds. The van der Waals surface area contributed by atoms with Crippen LogP contribution in [0.1, 0.15) is 31.7 Å². The number of hydrogen-bond donors (Lipinski definition) is 1. The van der Waals surface area contributed by atoms with Crippen LogP contribution >= 0.6 is 12.4 Å². The van der Waals surface area contributed by atoms with Gasteiger partial charge in [-0.2, -0.15) is 4.98 Å². The van der Waals surface area contributed by atoms with Crippen LogP contribution in [0.15, 0.2) is 34.9 Å². The highest BCUT2D eigenvalue weighted by Gasteiger charge is 2.31. The molecule has 2 aromatic rings. The lowest BCUT2D eigenvalue weighted by atomic mass is 9.96. The molecule has 0 radical (unpaired) electrons. The van der Waals surface area contributed by atoms with E-state index < -0.39 is 0 Å². The number of amides is 1. The monoisotopic (exact) mass is 405 g/mol. The van der Waals surface area contributed by atoms with Crippen molar-refractivity contribution in [3.63, 3.8) is 0 Å². The van der Waals surface area contributed by atoms with E-state index in [9.17, 15) is 4.79 Å². The number of carbonyl (C=O) groups is 1. The number of halogens is 1. The molecule has 1 unspecified atom stereocenters. The minimum atomic E-state index is 0. The predicted molar refractivity (Wildman–Crippen MR) is 109 cm³/mol. The molecule has 4 rings (SSSR count). The van der Waals surface area contributed by atoms with Crippen LogP contribution < -0.4 is 5.32 Å². The number of rotatable bonds is 4. The van der Waals surface area contributed by atoms with E-state index >= 15 is 0 Å². The Morgan fingerprint density at radius 3 is 2.50 bits per heavy atom. The summed E-state index contributed by atoms with van der Waals surface area (Å²) in [5.74, 6) is 1.77. The highest BCUT2D eigenvalue weighted by molar-refractivity contribution is 5.85. The summed E-state index contributed by atoms with van der Waals surface area (Å²) in [5.41, 5.74) is 0.956. The zero-order chi connectivity index (χ0) is 18.6. The molecule has 3 heterocycles. The number of piperazine rings is 1. The lowest BCUT2D eigenvalue weighted by molar-refractivity contribution is -0.138. The van der Waals surface area contributed by atoms with Gasteiger partial charge in [-0.1, -0.05) is 35.5 Å². The number of hydrogen-bond acceptors (Lipinski definition) is 6. The van der Waals surface area contributed by atoms with Crippen LogP contribution in [0.2, 0.25) is 0 Å². The Hall–Kier alpha value is -1.96. The van der Waals surface area contributed by atoms with Crippen molar-refractivity contribution in [1.29, 1.82) is 0 Å². The minimum absolute atomic E-state index is 0. The lowest BCUT2D eigenvalue weighted by Gasteiger charge is -2.38. The van der Waals surface area contributed by atoms with Crippen molar-refractivity contribution in [3.05, 3.63) is 36.2 Å². The van der Waals surface area contributed by atoms with Crippen LogP contribution in [0.4, 0.5) is 0 Å². The summed E-state index contributed by atoms with van der Waals surface area (Å²) in [6.07, 6.45) is 1.92. The Morgan fingerprint density at radius 1 is 1.14 bits per heavy atom. The quantitative estimate of drug-likeness (QED) is 0.841. The Balaban J connectivity index is 0.00000225. The highest BCUT2D eigenvalue weighted by atomic mass is 35.5. The van der Waals surface area contributed by atoms with Gasteiger partial charge in [0.15, 0.2) is 0 Å². The molecule has 2 saturated heterocycles. The van der Waals surface area contributed by atoms with Gasteiger partial charge in [0.2, 0.25) is 17.6 Å². The van der Waals surface area contributed by atoms with Crippen molar-refractivity contribution in [2.45, 2.75) is 25.8 Å². The number of piperidine rings is 1.